The number of likely N-dealkylation sites (N-methyl/N-ethyl adjacent to an activating group) is 1. The van der Waals surface area contributed by atoms with Crippen molar-refractivity contribution >= 4 is 11.9 Å². The van der Waals surface area contributed by atoms with Crippen molar-refractivity contribution in [1.82, 2.24) is 10.2 Å². The van der Waals surface area contributed by atoms with E-state index < -0.39 is 54.7 Å². The second-order valence-corrected chi connectivity index (χ2v) is 8.12. The summed E-state index contributed by atoms with van der Waals surface area (Å²) in [6, 6.07) is -2.73. The van der Waals surface area contributed by atoms with E-state index in [2.05, 4.69) is 5.32 Å². The van der Waals surface area contributed by atoms with Gasteiger partial charge in [0.05, 0.1) is 30.8 Å². The van der Waals surface area contributed by atoms with E-state index in [-0.39, 0.29) is 18.7 Å². The molecule has 1 saturated carbocycles. The normalized spacial score (nSPS) is 38.0. The molecule has 0 radical (unpaired) electrons. The molecule has 10 N–H and O–H groups in total. The Morgan fingerprint density at radius 3 is 2.53 bits per heavy atom. The summed E-state index contributed by atoms with van der Waals surface area (Å²) >= 11 is 0. The lowest BCUT2D eigenvalue weighted by Crippen LogP contribution is -2.67. The Balaban J connectivity index is 2.14. The summed E-state index contributed by atoms with van der Waals surface area (Å²) in [6.45, 7) is 1.54. The minimum Gasteiger partial charge on any atom is -0.388 e. The van der Waals surface area contributed by atoms with Crippen LogP contribution in [0.1, 0.15) is 26.2 Å². The zero-order valence-corrected chi connectivity index (χ0v) is 17.8. The highest BCUT2D eigenvalue weighted by atomic mass is 16.7. The number of hydrogen-bond donors (Lipinski definition) is 6. The average Bonchev–Trinajstić information content (AvgIpc) is 2.69. The predicted octanol–water partition coefficient (Wildman–Crippen LogP) is -2.85. The van der Waals surface area contributed by atoms with Gasteiger partial charge >= 0.3 is 6.03 Å². The largest absolute Gasteiger partial charge is 0.388 e. The highest BCUT2D eigenvalue weighted by Crippen LogP contribution is 2.30. The first-order chi connectivity index (χ1) is 14.1. The number of nitrogens with two attached hydrogens (primary N) is 4. The van der Waals surface area contributed by atoms with Gasteiger partial charge in [-0.2, -0.15) is 0 Å². The minimum atomic E-state index is -1.17. The third kappa shape index (κ3) is 5.78. The molecule has 0 aromatic rings. The quantitative estimate of drug-likeness (QED) is 0.245. The number of methoxy groups -OCH3 is 1. The number of nitrogens with zero attached hydrogens (tertiary/aromatic N) is 1. The fraction of sp³-hybridized carbons (Fsp3) is 0.889. The number of urea groups is 1. The van der Waals surface area contributed by atoms with E-state index in [1.165, 1.54) is 19.1 Å². The van der Waals surface area contributed by atoms with Gasteiger partial charge in [-0.3, -0.25) is 4.79 Å². The molecule has 1 aliphatic carbocycles. The first kappa shape index (κ1) is 24.7. The number of hydrogen-bond acceptors (Lipinski definition) is 9. The lowest BCUT2D eigenvalue weighted by atomic mass is 9.83. The van der Waals surface area contributed by atoms with Crippen molar-refractivity contribution in [2.45, 2.75) is 81.1 Å². The zero-order valence-electron chi connectivity index (χ0n) is 17.8. The monoisotopic (exact) mass is 432 g/mol. The van der Waals surface area contributed by atoms with Gasteiger partial charge in [0.1, 0.15) is 12.2 Å². The topological polar surface area (TPSA) is 201 Å². The maximum absolute atomic E-state index is 12.5. The van der Waals surface area contributed by atoms with Crippen LogP contribution in [-0.2, 0) is 19.0 Å². The van der Waals surface area contributed by atoms with E-state index in [4.69, 9.17) is 37.1 Å². The molecule has 1 heterocycles. The van der Waals surface area contributed by atoms with Crippen molar-refractivity contribution in [3.8, 4) is 0 Å². The number of carbonyl (C=O) groups is 2. The van der Waals surface area contributed by atoms with Crippen molar-refractivity contribution < 1.29 is 28.9 Å². The number of amides is 3. The molecule has 0 bridgehead atoms. The first-order valence-electron chi connectivity index (χ1n) is 10.1. The van der Waals surface area contributed by atoms with Crippen molar-refractivity contribution in [2.75, 3.05) is 20.7 Å². The Morgan fingerprint density at radius 2 is 1.97 bits per heavy atom. The van der Waals surface area contributed by atoms with E-state index in [1.807, 2.05) is 6.92 Å². The van der Waals surface area contributed by atoms with E-state index in [0.717, 1.165) is 6.42 Å². The molecule has 12 heteroatoms. The molecule has 174 valence electrons. The lowest BCUT2D eigenvalue weighted by Gasteiger charge is -2.48. The second kappa shape index (κ2) is 10.7. The predicted molar refractivity (Wildman–Crippen MR) is 108 cm³/mol. The van der Waals surface area contributed by atoms with Crippen LogP contribution in [0.15, 0.2) is 0 Å². The Kier molecular flexibility index (Phi) is 8.79. The van der Waals surface area contributed by atoms with Crippen LogP contribution < -0.4 is 28.3 Å². The molecule has 0 aromatic heterocycles. The van der Waals surface area contributed by atoms with E-state index in [9.17, 15) is 14.7 Å². The van der Waals surface area contributed by atoms with Crippen LogP contribution in [0.25, 0.3) is 0 Å². The minimum absolute atomic E-state index is 0.194. The van der Waals surface area contributed by atoms with Crippen molar-refractivity contribution in [2.24, 2.45) is 22.9 Å². The second-order valence-electron chi connectivity index (χ2n) is 8.12. The van der Waals surface area contributed by atoms with Gasteiger partial charge in [0.15, 0.2) is 6.29 Å². The molecular weight excluding hydrogens is 396 g/mol. The Hall–Kier alpha value is -1.54. The molecule has 30 heavy (non-hydrogen) atoms. The Morgan fingerprint density at radius 1 is 1.30 bits per heavy atom. The number of primary amides is 1. The molecule has 2 aliphatic rings. The number of nitrogens with one attached hydrogen (secondary N) is 1. The molecule has 1 aliphatic heterocycles. The van der Waals surface area contributed by atoms with E-state index in [1.54, 1.807) is 0 Å². The summed E-state index contributed by atoms with van der Waals surface area (Å²) in [6.07, 6.45) is -1.82. The average molecular weight is 433 g/mol. The molecule has 2 rings (SSSR count). The highest BCUT2D eigenvalue weighted by Gasteiger charge is 2.48. The number of carbonyl (C=O) groups excluding carboxylic acids is 2. The summed E-state index contributed by atoms with van der Waals surface area (Å²) < 4.78 is 17.4. The van der Waals surface area contributed by atoms with Gasteiger partial charge in [-0.15, -0.1) is 0 Å². The van der Waals surface area contributed by atoms with Gasteiger partial charge in [0.2, 0.25) is 5.91 Å². The van der Waals surface area contributed by atoms with Gasteiger partial charge in [0.25, 0.3) is 0 Å². The molecule has 2 fully saturated rings. The SMILES string of the molecule is CO[C@H]1C[C@@H](N)[C@@H](O[C@H]2O[C@H]([C@H](C)N)CC[C@H]2N)[C@@H](O)[C@@H]1N(C)C(=O)CNC(N)=O. The van der Waals surface area contributed by atoms with Crippen LogP contribution in [0, 0.1) is 0 Å². The number of ether oxygens (including phenoxy) is 3. The third-order valence-electron chi connectivity index (χ3n) is 5.87. The van der Waals surface area contributed by atoms with Crippen LogP contribution in [0.5, 0.6) is 0 Å². The number of aliphatic hydroxyl groups is 1. The molecule has 3 amide bonds. The van der Waals surface area contributed by atoms with Gasteiger partial charge < -0.3 is 52.5 Å². The maximum Gasteiger partial charge on any atom is 0.312 e. The standard InChI is InChI=1S/C18H36N6O6/c1-8(19)11-5-4-9(20)17(29-11)30-16-10(21)6-12(28-3)14(15(16)26)24(2)13(25)7-23-18(22)27/h8-12,14-17,26H,4-7,19-21H2,1-3H3,(H3,22,23,27)/t8-,9+,10+,11-,12-,14+,15-,16+,17+/m0/s1. The molecule has 0 unspecified atom stereocenters. The van der Waals surface area contributed by atoms with Gasteiger partial charge in [0, 0.05) is 26.2 Å². The van der Waals surface area contributed by atoms with Gasteiger partial charge in [-0.25, -0.2) is 4.79 Å². The van der Waals surface area contributed by atoms with Crippen molar-refractivity contribution in [1.29, 1.82) is 0 Å². The first-order valence-corrected chi connectivity index (χ1v) is 10.1. The van der Waals surface area contributed by atoms with Crippen LogP contribution >= 0.6 is 0 Å². The van der Waals surface area contributed by atoms with E-state index >= 15 is 0 Å². The molecule has 0 spiro atoms. The van der Waals surface area contributed by atoms with Gasteiger partial charge in [-0.05, 0) is 26.2 Å². The summed E-state index contributed by atoms with van der Waals surface area (Å²) in [7, 11) is 2.99. The molecule has 0 aromatic carbocycles. The number of aliphatic hydroxyl groups excluding tert-OH is 1. The van der Waals surface area contributed by atoms with Gasteiger partial charge in [-0.1, -0.05) is 0 Å². The van der Waals surface area contributed by atoms with Crippen LogP contribution in [0.2, 0.25) is 0 Å². The molecule has 12 nitrogen and oxygen atoms in total. The Bertz CT molecular complexity index is 596. The fourth-order valence-corrected chi connectivity index (χ4v) is 4.07. The Labute approximate surface area is 176 Å². The number of rotatable bonds is 7. The zero-order chi connectivity index (χ0) is 22.6. The summed E-state index contributed by atoms with van der Waals surface area (Å²) in [5.41, 5.74) is 23.4. The van der Waals surface area contributed by atoms with E-state index in [0.29, 0.717) is 12.8 Å². The van der Waals surface area contributed by atoms with Crippen molar-refractivity contribution in [3.05, 3.63) is 0 Å². The summed E-state index contributed by atoms with van der Waals surface area (Å²) in [5.74, 6) is -0.447. The fourth-order valence-electron chi connectivity index (χ4n) is 4.07. The maximum atomic E-state index is 12.5. The lowest BCUT2D eigenvalue weighted by molar-refractivity contribution is -0.257. The highest BCUT2D eigenvalue weighted by molar-refractivity contribution is 5.83. The smallest absolute Gasteiger partial charge is 0.312 e. The van der Waals surface area contributed by atoms with Crippen molar-refractivity contribution in [3.63, 3.8) is 0 Å². The summed E-state index contributed by atoms with van der Waals surface area (Å²) in [4.78, 5) is 24.7. The third-order valence-corrected chi connectivity index (χ3v) is 5.87. The van der Waals surface area contributed by atoms with Crippen LogP contribution in [0.3, 0.4) is 0 Å². The molecule has 1 saturated heterocycles. The van der Waals surface area contributed by atoms with Crippen LogP contribution in [-0.4, -0.2) is 97.5 Å². The summed E-state index contributed by atoms with van der Waals surface area (Å²) in [5, 5.41) is 13.3. The van der Waals surface area contributed by atoms with Crippen LogP contribution in [0.4, 0.5) is 4.79 Å². The molecule has 9 atom stereocenters. The molecular formula is C18H36N6O6.